The molecule has 1 fully saturated rings. The Morgan fingerprint density at radius 2 is 2.00 bits per heavy atom. The number of aromatic nitrogens is 2. The van der Waals surface area contributed by atoms with Gasteiger partial charge in [0, 0.05) is 24.7 Å². The number of benzene rings is 1. The van der Waals surface area contributed by atoms with Crippen LogP contribution in [0.4, 0.5) is 0 Å². The molecule has 0 radical (unpaired) electrons. The van der Waals surface area contributed by atoms with E-state index in [1.54, 1.807) is 11.0 Å². The molecule has 25 heavy (non-hydrogen) atoms. The van der Waals surface area contributed by atoms with Gasteiger partial charge in [-0.2, -0.15) is 0 Å². The Bertz CT molecular complexity index is 884. The van der Waals surface area contributed by atoms with Gasteiger partial charge in [-0.05, 0) is 30.3 Å². The van der Waals surface area contributed by atoms with Crippen molar-refractivity contribution in [2.45, 2.75) is 6.61 Å². The molecule has 0 saturated carbocycles. The smallest absolute Gasteiger partial charge is 0.257 e. The SMILES string of the molecule is O=C(c1ccccc1OCc1ccc2cc[nH]c2n1)N1CCOCC1. The fourth-order valence-corrected chi connectivity index (χ4v) is 2.91. The summed E-state index contributed by atoms with van der Waals surface area (Å²) in [6, 6.07) is 13.3. The van der Waals surface area contributed by atoms with Crippen LogP contribution in [0.1, 0.15) is 16.1 Å². The summed E-state index contributed by atoms with van der Waals surface area (Å²) < 4.78 is 11.2. The number of carbonyl (C=O) groups excluding carboxylic acids is 1. The van der Waals surface area contributed by atoms with Crippen LogP contribution in [-0.2, 0) is 11.3 Å². The molecule has 6 heteroatoms. The van der Waals surface area contributed by atoms with Gasteiger partial charge in [-0.1, -0.05) is 12.1 Å². The molecule has 4 rings (SSSR count). The Hall–Kier alpha value is -2.86. The number of para-hydroxylation sites is 1. The summed E-state index contributed by atoms with van der Waals surface area (Å²) >= 11 is 0. The lowest BCUT2D eigenvalue weighted by Gasteiger charge is -2.27. The van der Waals surface area contributed by atoms with Gasteiger partial charge in [-0.3, -0.25) is 4.79 Å². The minimum absolute atomic E-state index is 0.0216. The van der Waals surface area contributed by atoms with Gasteiger partial charge in [0.15, 0.2) is 0 Å². The first-order valence-electron chi connectivity index (χ1n) is 8.33. The maximum absolute atomic E-state index is 12.7. The topological polar surface area (TPSA) is 67.5 Å². The first-order chi connectivity index (χ1) is 12.3. The highest BCUT2D eigenvalue weighted by atomic mass is 16.5. The van der Waals surface area contributed by atoms with Gasteiger partial charge in [0.1, 0.15) is 18.0 Å². The van der Waals surface area contributed by atoms with E-state index in [1.807, 2.05) is 42.6 Å². The first-order valence-corrected chi connectivity index (χ1v) is 8.33. The fraction of sp³-hybridized carbons (Fsp3) is 0.263. The predicted molar refractivity (Wildman–Crippen MR) is 93.6 cm³/mol. The van der Waals surface area contributed by atoms with Gasteiger partial charge in [-0.25, -0.2) is 4.98 Å². The van der Waals surface area contributed by atoms with Gasteiger partial charge >= 0.3 is 0 Å². The standard InChI is InChI=1S/C19H19N3O3/c23-19(22-9-11-24-12-10-22)16-3-1-2-4-17(16)25-13-15-6-5-14-7-8-20-18(14)21-15/h1-8H,9-13H2,(H,20,21). The molecule has 1 aliphatic heterocycles. The summed E-state index contributed by atoms with van der Waals surface area (Å²) in [5.41, 5.74) is 2.22. The lowest BCUT2D eigenvalue weighted by atomic mass is 10.1. The van der Waals surface area contributed by atoms with E-state index in [1.165, 1.54) is 0 Å². The third-order valence-electron chi connectivity index (χ3n) is 4.26. The number of nitrogens with one attached hydrogen (secondary N) is 1. The largest absolute Gasteiger partial charge is 0.486 e. The molecule has 0 atom stereocenters. The van der Waals surface area contributed by atoms with E-state index in [-0.39, 0.29) is 5.91 Å². The number of hydrogen-bond acceptors (Lipinski definition) is 4. The van der Waals surface area contributed by atoms with Crippen LogP contribution >= 0.6 is 0 Å². The number of rotatable bonds is 4. The molecule has 1 saturated heterocycles. The molecule has 1 aliphatic rings. The molecular formula is C19H19N3O3. The lowest BCUT2D eigenvalue weighted by molar-refractivity contribution is 0.0300. The number of pyridine rings is 1. The Morgan fingerprint density at radius 1 is 1.16 bits per heavy atom. The molecule has 3 heterocycles. The second-order valence-corrected chi connectivity index (χ2v) is 5.91. The summed E-state index contributed by atoms with van der Waals surface area (Å²) in [6.07, 6.45) is 1.86. The molecule has 128 valence electrons. The van der Waals surface area contributed by atoms with Crippen LogP contribution in [-0.4, -0.2) is 47.1 Å². The third kappa shape index (κ3) is 3.34. The molecule has 2 aromatic heterocycles. The van der Waals surface area contributed by atoms with E-state index in [0.717, 1.165) is 16.7 Å². The minimum atomic E-state index is -0.0216. The van der Waals surface area contributed by atoms with E-state index < -0.39 is 0 Å². The van der Waals surface area contributed by atoms with Crippen LogP contribution in [0.15, 0.2) is 48.7 Å². The van der Waals surface area contributed by atoms with Crippen molar-refractivity contribution >= 4 is 16.9 Å². The van der Waals surface area contributed by atoms with Crippen molar-refractivity contribution in [2.75, 3.05) is 26.3 Å². The molecule has 1 amide bonds. The summed E-state index contributed by atoms with van der Waals surface area (Å²) in [7, 11) is 0. The van der Waals surface area contributed by atoms with Crippen LogP contribution in [0, 0.1) is 0 Å². The predicted octanol–water partition coefficient (Wildman–Crippen LogP) is 2.61. The molecular weight excluding hydrogens is 318 g/mol. The van der Waals surface area contributed by atoms with Gasteiger partial charge < -0.3 is 19.4 Å². The van der Waals surface area contributed by atoms with Crippen LogP contribution < -0.4 is 4.74 Å². The van der Waals surface area contributed by atoms with Crippen molar-refractivity contribution in [2.24, 2.45) is 0 Å². The maximum Gasteiger partial charge on any atom is 0.257 e. The second-order valence-electron chi connectivity index (χ2n) is 5.91. The highest BCUT2D eigenvalue weighted by molar-refractivity contribution is 5.97. The molecule has 1 aromatic carbocycles. The normalized spacial score (nSPS) is 14.6. The lowest BCUT2D eigenvalue weighted by Crippen LogP contribution is -2.40. The number of amides is 1. The fourth-order valence-electron chi connectivity index (χ4n) is 2.91. The van der Waals surface area contributed by atoms with Gasteiger partial charge in [-0.15, -0.1) is 0 Å². The summed E-state index contributed by atoms with van der Waals surface area (Å²) in [4.78, 5) is 22.2. The molecule has 1 N–H and O–H groups in total. The quantitative estimate of drug-likeness (QED) is 0.795. The van der Waals surface area contributed by atoms with Crippen molar-refractivity contribution in [3.8, 4) is 5.75 Å². The number of carbonyl (C=O) groups is 1. The van der Waals surface area contributed by atoms with E-state index in [4.69, 9.17) is 9.47 Å². The van der Waals surface area contributed by atoms with Crippen LogP contribution in [0.25, 0.3) is 11.0 Å². The third-order valence-corrected chi connectivity index (χ3v) is 4.26. The second kappa shape index (κ2) is 6.94. The molecule has 6 nitrogen and oxygen atoms in total. The molecule has 0 bridgehead atoms. The zero-order chi connectivity index (χ0) is 17.1. The monoisotopic (exact) mass is 337 g/mol. The summed E-state index contributed by atoms with van der Waals surface area (Å²) in [6.45, 7) is 2.68. The van der Waals surface area contributed by atoms with E-state index >= 15 is 0 Å². The van der Waals surface area contributed by atoms with Crippen LogP contribution in [0.3, 0.4) is 0 Å². The zero-order valence-electron chi connectivity index (χ0n) is 13.8. The van der Waals surface area contributed by atoms with Crippen LogP contribution in [0.2, 0.25) is 0 Å². The van der Waals surface area contributed by atoms with Gasteiger partial charge in [0.2, 0.25) is 0 Å². The molecule has 0 spiro atoms. The molecule has 0 unspecified atom stereocenters. The highest BCUT2D eigenvalue weighted by Gasteiger charge is 2.21. The average Bonchev–Trinajstić information content (AvgIpc) is 3.14. The Balaban J connectivity index is 1.51. The van der Waals surface area contributed by atoms with Crippen molar-refractivity contribution < 1.29 is 14.3 Å². The molecule has 3 aromatic rings. The summed E-state index contributed by atoms with van der Waals surface area (Å²) in [5, 5.41) is 1.06. The Kier molecular flexibility index (Phi) is 4.35. The highest BCUT2D eigenvalue weighted by Crippen LogP contribution is 2.22. The first kappa shape index (κ1) is 15.7. The van der Waals surface area contributed by atoms with E-state index in [0.29, 0.717) is 44.2 Å². The van der Waals surface area contributed by atoms with E-state index in [9.17, 15) is 4.79 Å². The minimum Gasteiger partial charge on any atom is -0.486 e. The van der Waals surface area contributed by atoms with Gasteiger partial charge in [0.05, 0.1) is 24.5 Å². The number of morpholine rings is 1. The van der Waals surface area contributed by atoms with Crippen molar-refractivity contribution in [3.05, 3.63) is 59.9 Å². The number of fused-ring (bicyclic) bond motifs is 1. The number of hydrogen-bond donors (Lipinski definition) is 1. The number of aromatic amines is 1. The van der Waals surface area contributed by atoms with Crippen molar-refractivity contribution in [1.29, 1.82) is 0 Å². The van der Waals surface area contributed by atoms with Gasteiger partial charge in [0.25, 0.3) is 5.91 Å². The van der Waals surface area contributed by atoms with Crippen molar-refractivity contribution in [3.63, 3.8) is 0 Å². The number of ether oxygens (including phenoxy) is 2. The number of nitrogens with zero attached hydrogens (tertiary/aromatic N) is 2. The average molecular weight is 337 g/mol. The Labute approximate surface area is 145 Å². The number of H-pyrrole nitrogens is 1. The Morgan fingerprint density at radius 3 is 2.88 bits per heavy atom. The maximum atomic E-state index is 12.7. The summed E-state index contributed by atoms with van der Waals surface area (Å²) in [5.74, 6) is 0.555. The molecule has 0 aliphatic carbocycles. The van der Waals surface area contributed by atoms with E-state index in [2.05, 4.69) is 9.97 Å². The van der Waals surface area contributed by atoms with Crippen LogP contribution in [0.5, 0.6) is 5.75 Å². The zero-order valence-corrected chi connectivity index (χ0v) is 13.8. The van der Waals surface area contributed by atoms with Crippen molar-refractivity contribution in [1.82, 2.24) is 14.9 Å².